The Morgan fingerprint density at radius 1 is 1.33 bits per heavy atom. The summed E-state index contributed by atoms with van der Waals surface area (Å²) in [6.07, 6.45) is 6.12. The van der Waals surface area contributed by atoms with Gasteiger partial charge in [-0.2, -0.15) is 0 Å². The maximum Gasteiger partial charge on any atom is 0.142 e. The number of ether oxygens (including phenoxy) is 2. The molecule has 0 N–H and O–H groups in total. The maximum absolute atomic E-state index is 5.79. The summed E-state index contributed by atoms with van der Waals surface area (Å²) in [4.78, 5) is 6.93. The van der Waals surface area contributed by atoms with Gasteiger partial charge < -0.3 is 9.47 Å². The van der Waals surface area contributed by atoms with Gasteiger partial charge in [0, 0.05) is 12.7 Å². The highest BCUT2D eigenvalue weighted by atomic mass is 16.6. The second kappa shape index (κ2) is 5.67. The molecule has 4 heteroatoms. The zero-order valence-corrected chi connectivity index (χ0v) is 10.7. The van der Waals surface area contributed by atoms with Crippen molar-refractivity contribution >= 4 is 0 Å². The van der Waals surface area contributed by atoms with Crippen molar-refractivity contribution in [3.05, 3.63) is 24.0 Å². The summed E-state index contributed by atoms with van der Waals surface area (Å²) in [5.41, 5.74) is 1.06. The molecule has 1 unspecified atom stereocenters. The Balaban J connectivity index is 1.61. The van der Waals surface area contributed by atoms with Crippen LogP contribution in [0.3, 0.4) is 0 Å². The molecule has 2 saturated heterocycles. The lowest BCUT2D eigenvalue weighted by Crippen LogP contribution is -2.29. The largest absolute Gasteiger partial charge is 0.489 e. The number of aromatic nitrogens is 1. The molecule has 0 spiro atoms. The highest BCUT2D eigenvalue weighted by Gasteiger charge is 2.24. The van der Waals surface area contributed by atoms with Gasteiger partial charge in [-0.3, -0.25) is 9.88 Å². The van der Waals surface area contributed by atoms with Gasteiger partial charge in [0.1, 0.15) is 18.5 Å². The van der Waals surface area contributed by atoms with Crippen LogP contribution >= 0.6 is 0 Å². The Morgan fingerprint density at radius 3 is 2.94 bits per heavy atom. The van der Waals surface area contributed by atoms with E-state index in [2.05, 4.69) is 9.88 Å². The predicted octanol–water partition coefficient (Wildman–Crippen LogP) is 1.85. The van der Waals surface area contributed by atoms with Crippen LogP contribution in [0.2, 0.25) is 0 Å². The monoisotopic (exact) mass is 248 g/mol. The summed E-state index contributed by atoms with van der Waals surface area (Å²) in [6.45, 7) is 4.76. The Hall–Kier alpha value is -1.13. The maximum atomic E-state index is 5.79. The lowest BCUT2D eigenvalue weighted by molar-refractivity contribution is 0.210. The van der Waals surface area contributed by atoms with Gasteiger partial charge in [-0.15, -0.1) is 0 Å². The first kappa shape index (κ1) is 11.9. The Kier molecular flexibility index (Phi) is 3.76. The molecule has 3 heterocycles. The van der Waals surface area contributed by atoms with E-state index in [4.69, 9.17) is 9.47 Å². The summed E-state index contributed by atoms with van der Waals surface area (Å²) in [7, 11) is 0. The molecule has 3 rings (SSSR count). The quantitative estimate of drug-likeness (QED) is 0.745. The van der Waals surface area contributed by atoms with Gasteiger partial charge in [-0.1, -0.05) is 6.42 Å². The number of hydrogen-bond donors (Lipinski definition) is 0. The molecule has 2 fully saturated rings. The van der Waals surface area contributed by atoms with Gasteiger partial charge in [0.15, 0.2) is 0 Å². The van der Waals surface area contributed by atoms with Crippen LogP contribution in [-0.2, 0) is 11.3 Å². The minimum Gasteiger partial charge on any atom is -0.489 e. The molecule has 0 amide bonds. The third kappa shape index (κ3) is 3.21. The van der Waals surface area contributed by atoms with Gasteiger partial charge in [0.2, 0.25) is 0 Å². The third-order valence-corrected chi connectivity index (χ3v) is 3.50. The van der Waals surface area contributed by atoms with E-state index >= 15 is 0 Å². The average molecular weight is 248 g/mol. The van der Waals surface area contributed by atoms with Gasteiger partial charge in [-0.05, 0) is 38.1 Å². The average Bonchev–Trinajstić information content (AvgIpc) is 3.23. The molecule has 18 heavy (non-hydrogen) atoms. The Bertz CT molecular complexity index is 387. The third-order valence-electron chi connectivity index (χ3n) is 3.50. The number of nitrogens with zero attached hydrogens (tertiary/aromatic N) is 2. The molecule has 0 radical (unpaired) electrons. The Morgan fingerprint density at radius 2 is 2.17 bits per heavy atom. The van der Waals surface area contributed by atoms with Crippen molar-refractivity contribution in [1.82, 2.24) is 9.88 Å². The van der Waals surface area contributed by atoms with E-state index < -0.39 is 0 Å². The summed E-state index contributed by atoms with van der Waals surface area (Å²) >= 11 is 0. The number of pyridine rings is 1. The van der Waals surface area contributed by atoms with Gasteiger partial charge in [0.05, 0.1) is 12.3 Å². The van der Waals surface area contributed by atoms with Crippen LogP contribution in [0, 0.1) is 0 Å². The van der Waals surface area contributed by atoms with Crippen LogP contribution in [0.25, 0.3) is 0 Å². The van der Waals surface area contributed by atoms with Gasteiger partial charge in [-0.25, -0.2) is 0 Å². The van der Waals surface area contributed by atoms with Crippen molar-refractivity contribution < 1.29 is 9.47 Å². The normalized spacial score (nSPS) is 23.9. The van der Waals surface area contributed by atoms with E-state index in [-0.39, 0.29) is 0 Å². The number of hydrogen-bond acceptors (Lipinski definition) is 4. The van der Waals surface area contributed by atoms with E-state index in [0.29, 0.717) is 12.7 Å². The standard InChI is InChI=1S/C14H20N2O2/c1-2-7-16(8-3-1)9-13-14(5-4-6-15-13)18-11-12-10-17-12/h4-6,12H,1-3,7-11H2. The number of likely N-dealkylation sites (tertiary alicyclic amines) is 1. The lowest BCUT2D eigenvalue weighted by Gasteiger charge is -2.26. The summed E-state index contributed by atoms with van der Waals surface area (Å²) in [6, 6.07) is 3.94. The van der Waals surface area contributed by atoms with E-state index in [1.54, 1.807) is 0 Å². The zero-order chi connectivity index (χ0) is 12.2. The topological polar surface area (TPSA) is 37.9 Å². The van der Waals surface area contributed by atoms with Crippen LogP contribution in [-0.4, -0.2) is 42.3 Å². The molecule has 0 saturated carbocycles. The molecule has 2 aliphatic rings. The molecule has 1 aromatic rings. The fourth-order valence-electron chi connectivity index (χ4n) is 2.35. The first-order valence-electron chi connectivity index (χ1n) is 6.82. The zero-order valence-electron chi connectivity index (χ0n) is 10.7. The minimum atomic E-state index is 0.299. The highest BCUT2D eigenvalue weighted by molar-refractivity contribution is 5.27. The molecule has 98 valence electrons. The molecule has 1 aromatic heterocycles. The van der Waals surface area contributed by atoms with Gasteiger partial charge in [0.25, 0.3) is 0 Å². The van der Waals surface area contributed by atoms with Crippen molar-refractivity contribution in [2.75, 3.05) is 26.3 Å². The molecular formula is C14H20N2O2. The summed E-state index contributed by atoms with van der Waals surface area (Å²) in [5, 5.41) is 0. The second-order valence-corrected chi connectivity index (χ2v) is 5.05. The van der Waals surface area contributed by atoms with Crippen LogP contribution in [0.5, 0.6) is 5.75 Å². The molecule has 0 aromatic carbocycles. The molecule has 2 aliphatic heterocycles. The molecule has 1 atom stereocenters. The number of epoxide rings is 1. The van der Waals surface area contributed by atoms with E-state index in [9.17, 15) is 0 Å². The highest BCUT2D eigenvalue weighted by Crippen LogP contribution is 2.21. The van der Waals surface area contributed by atoms with Gasteiger partial charge >= 0.3 is 0 Å². The summed E-state index contributed by atoms with van der Waals surface area (Å²) in [5.74, 6) is 0.915. The first-order chi connectivity index (χ1) is 8.92. The molecular weight excluding hydrogens is 228 g/mol. The molecule has 0 bridgehead atoms. The van der Waals surface area contributed by atoms with Crippen molar-refractivity contribution in [2.24, 2.45) is 0 Å². The fourth-order valence-corrected chi connectivity index (χ4v) is 2.35. The SMILES string of the molecule is c1cnc(CN2CCCCC2)c(OCC2CO2)c1. The molecule has 0 aliphatic carbocycles. The lowest BCUT2D eigenvalue weighted by atomic mass is 10.1. The van der Waals surface area contributed by atoms with Crippen molar-refractivity contribution in [2.45, 2.75) is 31.9 Å². The number of piperidine rings is 1. The van der Waals surface area contributed by atoms with Crippen molar-refractivity contribution in [3.63, 3.8) is 0 Å². The first-order valence-corrected chi connectivity index (χ1v) is 6.82. The van der Waals surface area contributed by atoms with E-state index in [1.807, 2.05) is 18.3 Å². The van der Waals surface area contributed by atoms with E-state index in [0.717, 1.165) is 24.6 Å². The van der Waals surface area contributed by atoms with E-state index in [1.165, 1.54) is 32.4 Å². The summed E-state index contributed by atoms with van der Waals surface area (Å²) < 4.78 is 11.0. The van der Waals surface area contributed by atoms with Crippen LogP contribution in [0.1, 0.15) is 25.0 Å². The fraction of sp³-hybridized carbons (Fsp3) is 0.643. The smallest absolute Gasteiger partial charge is 0.142 e. The second-order valence-electron chi connectivity index (χ2n) is 5.05. The van der Waals surface area contributed by atoms with Crippen molar-refractivity contribution in [1.29, 1.82) is 0 Å². The molecule has 4 nitrogen and oxygen atoms in total. The van der Waals surface area contributed by atoms with Crippen molar-refractivity contribution in [3.8, 4) is 5.75 Å². The predicted molar refractivity (Wildman–Crippen MR) is 68.6 cm³/mol. The van der Waals surface area contributed by atoms with Crippen LogP contribution in [0.4, 0.5) is 0 Å². The minimum absolute atomic E-state index is 0.299. The van der Waals surface area contributed by atoms with Crippen LogP contribution in [0.15, 0.2) is 18.3 Å². The number of rotatable bonds is 5. The van der Waals surface area contributed by atoms with Crippen LogP contribution < -0.4 is 4.74 Å². The Labute approximate surface area is 108 Å².